The molecule has 144 valence electrons. The highest BCUT2D eigenvalue weighted by Crippen LogP contribution is 2.50. The number of rotatable bonds is 11. The molecule has 1 saturated heterocycles. The maximum atomic E-state index is 13.1. The summed E-state index contributed by atoms with van der Waals surface area (Å²) in [4.78, 5) is 24.9. The number of carbonyl (C=O) groups is 2. The highest BCUT2D eigenvalue weighted by molar-refractivity contribution is 5.85. The van der Waals surface area contributed by atoms with Crippen molar-refractivity contribution >= 4 is 11.6 Å². The van der Waals surface area contributed by atoms with E-state index in [1.165, 1.54) is 0 Å². The van der Waals surface area contributed by atoms with E-state index >= 15 is 0 Å². The van der Waals surface area contributed by atoms with Crippen LogP contribution in [0.15, 0.2) is 12.2 Å². The van der Waals surface area contributed by atoms with Crippen molar-refractivity contribution < 1.29 is 14.3 Å². The van der Waals surface area contributed by atoms with E-state index in [2.05, 4.69) is 39.8 Å². The maximum absolute atomic E-state index is 13.1. The SMILES string of the molecule is C/C=C\[C@H](C)[C@H]1OC1(C)[C@@H](C)[C@@H](CC)C(=O)[C@H](C)C(C)CC(=O)CC. The fourth-order valence-corrected chi connectivity index (χ4v) is 4.14. The zero-order valence-corrected chi connectivity index (χ0v) is 17.5. The van der Waals surface area contributed by atoms with E-state index in [0.29, 0.717) is 24.5 Å². The first-order valence-electron chi connectivity index (χ1n) is 9.99. The van der Waals surface area contributed by atoms with Crippen LogP contribution in [-0.4, -0.2) is 23.3 Å². The summed E-state index contributed by atoms with van der Waals surface area (Å²) >= 11 is 0. The minimum atomic E-state index is -0.225. The lowest BCUT2D eigenvalue weighted by atomic mass is 9.72. The van der Waals surface area contributed by atoms with Gasteiger partial charge >= 0.3 is 0 Å². The summed E-state index contributed by atoms with van der Waals surface area (Å²) in [5.74, 6) is 1.08. The fraction of sp³-hybridized carbons (Fsp3) is 0.818. The number of Topliss-reactive ketones (excluding diaryl/α,β-unsaturated/α-hetero) is 2. The van der Waals surface area contributed by atoms with Crippen LogP contribution in [0.2, 0.25) is 0 Å². The van der Waals surface area contributed by atoms with Crippen molar-refractivity contribution in [1.82, 2.24) is 0 Å². The van der Waals surface area contributed by atoms with Gasteiger partial charge in [0.25, 0.3) is 0 Å². The molecule has 0 radical (unpaired) electrons. The molecule has 1 rings (SSSR count). The van der Waals surface area contributed by atoms with Crippen LogP contribution in [-0.2, 0) is 14.3 Å². The van der Waals surface area contributed by atoms with Crippen molar-refractivity contribution in [2.24, 2.45) is 29.6 Å². The minimum Gasteiger partial charge on any atom is -0.365 e. The lowest BCUT2D eigenvalue weighted by Gasteiger charge is -2.30. The zero-order valence-electron chi connectivity index (χ0n) is 17.5. The molecule has 0 aliphatic carbocycles. The molecule has 0 aromatic heterocycles. The molecule has 7 atom stereocenters. The van der Waals surface area contributed by atoms with Crippen LogP contribution in [0, 0.1) is 29.6 Å². The van der Waals surface area contributed by atoms with E-state index in [4.69, 9.17) is 4.74 Å². The molecule has 1 aliphatic rings. The Hall–Kier alpha value is -0.960. The van der Waals surface area contributed by atoms with Crippen molar-refractivity contribution in [1.29, 1.82) is 0 Å². The molecule has 3 heteroatoms. The number of ketones is 2. The monoisotopic (exact) mass is 350 g/mol. The summed E-state index contributed by atoms with van der Waals surface area (Å²) in [6.45, 7) is 16.5. The van der Waals surface area contributed by atoms with Gasteiger partial charge in [0, 0.05) is 30.6 Å². The Balaban J connectivity index is 2.80. The van der Waals surface area contributed by atoms with Gasteiger partial charge in [-0.1, -0.05) is 53.7 Å². The van der Waals surface area contributed by atoms with Gasteiger partial charge in [0.05, 0.1) is 11.7 Å². The van der Waals surface area contributed by atoms with Gasteiger partial charge in [-0.05, 0) is 32.1 Å². The summed E-state index contributed by atoms with van der Waals surface area (Å²) in [7, 11) is 0. The Kier molecular flexibility index (Phi) is 8.05. The molecule has 1 heterocycles. The van der Waals surface area contributed by atoms with Crippen LogP contribution >= 0.6 is 0 Å². The van der Waals surface area contributed by atoms with Gasteiger partial charge in [-0.25, -0.2) is 0 Å². The third kappa shape index (κ3) is 5.03. The van der Waals surface area contributed by atoms with Crippen molar-refractivity contribution in [3.05, 3.63) is 12.2 Å². The normalized spacial score (nSPS) is 29.0. The highest BCUT2D eigenvalue weighted by Gasteiger charge is 2.59. The molecular formula is C22H38O3. The molecule has 0 amide bonds. The van der Waals surface area contributed by atoms with Crippen LogP contribution < -0.4 is 0 Å². The first-order chi connectivity index (χ1) is 11.6. The second-order valence-electron chi connectivity index (χ2n) is 8.18. The first kappa shape index (κ1) is 22.1. The summed E-state index contributed by atoms with van der Waals surface area (Å²) in [6, 6.07) is 0. The molecule has 25 heavy (non-hydrogen) atoms. The van der Waals surface area contributed by atoms with Crippen molar-refractivity contribution in [3.8, 4) is 0 Å². The second-order valence-corrected chi connectivity index (χ2v) is 8.18. The second kappa shape index (κ2) is 9.12. The molecule has 2 unspecified atom stereocenters. The van der Waals surface area contributed by atoms with Gasteiger partial charge in [0.15, 0.2) is 0 Å². The molecule has 0 aromatic rings. The number of ether oxygens (including phenoxy) is 1. The minimum absolute atomic E-state index is 0.0121. The average Bonchev–Trinajstić information content (AvgIpc) is 3.28. The quantitative estimate of drug-likeness (QED) is 0.379. The lowest BCUT2D eigenvalue weighted by molar-refractivity contribution is -0.131. The molecule has 0 spiro atoms. The van der Waals surface area contributed by atoms with Crippen LogP contribution in [0.4, 0.5) is 0 Å². The molecule has 1 fully saturated rings. The third-order valence-electron chi connectivity index (χ3n) is 6.42. The van der Waals surface area contributed by atoms with E-state index in [1.807, 2.05) is 27.7 Å². The third-order valence-corrected chi connectivity index (χ3v) is 6.42. The Morgan fingerprint density at radius 3 is 2.24 bits per heavy atom. The standard InChI is InChI=1S/C22H38O3/c1-9-12-14(4)21-22(8,25-21)17(7)19(11-3)20(24)16(6)15(5)13-18(23)10-2/h9,12,14-17,19,21H,10-11,13H2,1-8H3/b12-9-/t14-,15?,16+,17-,19+,21+,22?/m0/s1. The summed E-state index contributed by atoms with van der Waals surface area (Å²) in [5.41, 5.74) is -0.225. The molecule has 0 saturated carbocycles. The molecule has 1 aliphatic heterocycles. The van der Waals surface area contributed by atoms with Crippen molar-refractivity contribution in [2.45, 2.75) is 86.4 Å². The number of epoxide rings is 1. The van der Waals surface area contributed by atoms with Gasteiger partial charge in [0.1, 0.15) is 11.6 Å². The Labute approximate surface area is 154 Å². The van der Waals surface area contributed by atoms with Crippen LogP contribution in [0.25, 0.3) is 0 Å². The van der Waals surface area contributed by atoms with Crippen molar-refractivity contribution in [3.63, 3.8) is 0 Å². The van der Waals surface area contributed by atoms with Crippen LogP contribution in [0.3, 0.4) is 0 Å². The van der Waals surface area contributed by atoms with Gasteiger partial charge in [-0.2, -0.15) is 0 Å². The van der Waals surface area contributed by atoms with Gasteiger partial charge in [0.2, 0.25) is 0 Å². The first-order valence-corrected chi connectivity index (χ1v) is 9.99. The molecular weight excluding hydrogens is 312 g/mol. The van der Waals surface area contributed by atoms with E-state index in [9.17, 15) is 9.59 Å². The predicted molar refractivity (Wildman–Crippen MR) is 103 cm³/mol. The Morgan fingerprint density at radius 2 is 1.76 bits per heavy atom. The summed E-state index contributed by atoms with van der Waals surface area (Å²) in [6.07, 6.45) is 6.30. The summed E-state index contributed by atoms with van der Waals surface area (Å²) < 4.78 is 6.08. The zero-order chi connectivity index (χ0) is 19.4. The number of allylic oxidation sites excluding steroid dienone is 1. The molecule has 0 bridgehead atoms. The summed E-state index contributed by atoms with van der Waals surface area (Å²) in [5, 5.41) is 0. The van der Waals surface area contributed by atoms with Crippen LogP contribution in [0.5, 0.6) is 0 Å². The van der Waals surface area contributed by atoms with Gasteiger partial charge in [-0.3, -0.25) is 9.59 Å². The van der Waals surface area contributed by atoms with E-state index in [0.717, 1.165) is 6.42 Å². The molecule has 3 nitrogen and oxygen atoms in total. The molecule has 0 N–H and O–H groups in total. The average molecular weight is 351 g/mol. The lowest BCUT2D eigenvalue weighted by Crippen LogP contribution is -2.37. The number of hydrogen-bond donors (Lipinski definition) is 0. The Bertz CT molecular complexity index is 496. The van der Waals surface area contributed by atoms with Gasteiger partial charge in [-0.15, -0.1) is 0 Å². The highest BCUT2D eigenvalue weighted by atomic mass is 16.6. The predicted octanol–water partition coefficient (Wildman–Crippen LogP) is 5.23. The van der Waals surface area contributed by atoms with Gasteiger partial charge < -0.3 is 4.74 Å². The maximum Gasteiger partial charge on any atom is 0.139 e. The number of hydrogen-bond acceptors (Lipinski definition) is 3. The molecule has 0 aromatic carbocycles. The smallest absolute Gasteiger partial charge is 0.139 e. The largest absolute Gasteiger partial charge is 0.365 e. The van der Waals surface area contributed by atoms with Crippen molar-refractivity contribution in [2.75, 3.05) is 0 Å². The van der Waals surface area contributed by atoms with E-state index in [1.54, 1.807) is 0 Å². The topological polar surface area (TPSA) is 46.7 Å². The van der Waals surface area contributed by atoms with E-state index < -0.39 is 0 Å². The van der Waals surface area contributed by atoms with Crippen LogP contribution in [0.1, 0.15) is 74.7 Å². The number of carbonyl (C=O) groups excluding carboxylic acids is 2. The fourth-order valence-electron chi connectivity index (χ4n) is 4.14. The Morgan fingerprint density at radius 1 is 1.16 bits per heavy atom. The van der Waals surface area contributed by atoms with E-state index in [-0.39, 0.29) is 41.2 Å².